The van der Waals surface area contributed by atoms with Crippen LogP contribution in [0.1, 0.15) is 32.0 Å². The number of carbonyl (C=O) groups excluding carboxylic acids is 1. The maximum Gasteiger partial charge on any atom is 0.234 e. The van der Waals surface area contributed by atoms with Gasteiger partial charge in [0.15, 0.2) is 10.9 Å². The van der Waals surface area contributed by atoms with Crippen LogP contribution in [0.15, 0.2) is 24.3 Å². The number of rotatable bonds is 5. The van der Waals surface area contributed by atoms with E-state index in [4.69, 9.17) is 12.2 Å². The van der Waals surface area contributed by atoms with Gasteiger partial charge in [0.05, 0.1) is 0 Å². The summed E-state index contributed by atoms with van der Waals surface area (Å²) >= 11 is 6.67. The highest BCUT2D eigenvalue weighted by molar-refractivity contribution is 7.80. The topological polar surface area (TPSA) is 84.2 Å². The Kier molecular flexibility index (Phi) is 5.34. The number of aromatic nitrogens is 4. The first-order valence-electron chi connectivity index (χ1n) is 7.97. The predicted octanol–water partition coefficient (Wildman–Crippen LogP) is 3.16. The molecule has 9 heteroatoms. The maximum absolute atomic E-state index is 11.7. The highest BCUT2D eigenvalue weighted by Gasteiger charge is 2.11. The number of unbranched alkanes of at least 4 members (excludes halogenated alkanes) is 1. The molecule has 0 unspecified atom stereocenters. The lowest BCUT2D eigenvalue weighted by molar-refractivity contribution is -0.119. The maximum atomic E-state index is 11.7. The SMILES string of the molecule is CCCCC(=O)NC(=S)Nc1cccc(-c2nn3c(C)nnc3s2)c1. The summed E-state index contributed by atoms with van der Waals surface area (Å²) < 4.78 is 1.72. The molecule has 0 saturated heterocycles. The van der Waals surface area contributed by atoms with Crippen LogP contribution in [0.4, 0.5) is 5.69 Å². The van der Waals surface area contributed by atoms with E-state index < -0.39 is 0 Å². The second kappa shape index (κ2) is 7.66. The van der Waals surface area contributed by atoms with Gasteiger partial charge in [-0.1, -0.05) is 36.8 Å². The number of hydrogen-bond donors (Lipinski definition) is 2. The quantitative estimate of drug-likeness (QED) is 0.668. The Morgan fingerprint density at radius 3 is 2.96 bits per heavy atom. The number of thiocarbonyl (C=S) groups is 1. The van der Waals surface area contributed by atoms with Gasteiger partial charge in [-0.3, -0.25) is 4.79 Å². The van der Waals surface area contributed by atoms with E-state index in [9.17, 15) is 4.79 Å². The summed E-state index contributed by atoms with van der Waals surface area (Å²) in [6, 6.07) is 7.70. The number of nitrogens with one attached hydrogen (secondary N) is 2. The van der Waals surface area contributed by atoms with Crippen LogP contribution in [-0.2, 0) is 4.79 Å². The fourth-order valence-corrected chi connectivity index (χ4v) is 3.36. The summed E-state index contributed by atoms with van der Waals surface area (Å²) in [7, 11) is 0. The van der Waals surface area contributed by atoms with Gasteiger partial charge < -0.3 is 10.6 Å². The summed E-state index contributed by atoms with van der Waals surface area (Å²) in [5, 5.41) is 19.5. The van der Waals surface area contributed by atoms with E-state index >= 15 is 0 Å². The predicted molar refractivity (Wildman–Crippen MR) is 103 cm³/mol. The number of carbonyl (C=O) groups is 1. The molecule has 1 aromatic carbocycles. The average Bonchev–Trinajstić information content (AvgIpc) is 3.15. The van der Waals surface area contributed by atoms with Crippen molar-refractivity contribution < 1.29 is 4.79 Å². The molecule has 0 aliphatic rings. The van der Waals surface area contributed by atoms with Crippen molar-refractivity contribution in [3.8, 4) is 10.6 Å². The van der Waals surface area contributed by atoms with Crippen molar-refractivity contribution in [2.24, 2.45) is 0 Å². The van der Waals surface area contributed by atoms with Crippen molar-refractivity contribution in [2.45, 2.75) is 33.1 Å². The van der Waals surface area contributed by atoms with Gasteiger partial charge in [-0.25, -0.2) is 0 Å². The monoisotopic (exact) mass is 374 g/mol. The van der Waals surface area contributed by atoms with Gasteiger partial charge in [0, 0.05) is 17.7 Å². The molecule has 2 aromatic heterocycles. The molecule has 0 saturated carbocycles. The van der Waals surface area contributed by atoms with E-state index in [-0.39, 0.29) is 5.91 Å². The number of hydrogen-bond acceptors (Lipinski definition) is 6. The van der Waals surface area contributed by atoms with E-state index in [2.05, 4.69) is 25.9 Å². The third kappa shape index (κ3) is 4.18. The van der Waals surface area contributed by atoms with E-state index in [0.717, 1.165) is 39.9 Å². The Morgan fingerprint density at radius 1 is 1.36 bits per heavy atom. The molecule has 0 atom stereocenters. The van der Waals surface area contributed by atoms with E-state index in [1.54, 1.807) is 4.52 Å². The minimum Gasteiger partial charge on any atom is -0.332 e. The van der Waals surface area contributed by atoms with Crippen LogP contribution in [0.3, 0.4) is 0 Å². The molecule has 0 radical (unpaired) electrons. The van der Waals surface area contributed by atoms with Crippen molar-refractivity contribution in [3.05, 3.63) is 30.1 Å². The molecule has 7 nitrogen and oxygen atoms in total. The first kappa shape index (κ1) is 17.4. The number of amides is 1. The summed E-state index contributed by atoms with van der Waals surface area (Å²) in [4.78, 5) is 12.5. The van der Waals surface area contributed by atoms with Gasteiger partial charge in [0.2, 0.25) is 10.9 Å². The van der Waals surface area contributed by atoms with Crippen LogP contribution < -0.4 is 10.6 Å². The Bertz CT molecular complexity index is 916. The molecular weight excluding hydrogens is 356 g/mol. The Labute approximate surface area is 154 Å². The molecule has 0 fully saturated rings. The lowest BCUT2D eigenvalue weighted by Gasteiger charge is -2.10. The highest BCUT2D eigenvalue weighted by Crippen LogP contribution is 2.27. The lowest BCUT2D eigenvalue weighted by atomic mass is 10.2. The molecule has 2 N–H and O–H groups in total. The minimum atomic E-state index is -0.0698. The van der Waals surface area contributed by atoms with Gasteiger partial charge in [-0.05, 0) is 37.7 Å². The molecule has 25 heavy (non-hydrogen) atoms. The average molecular weight is 374 g/mol. The van der Waals surface area contributed by atoms with Crippen LogP contribution >= 0.6 is 23.6 Å². The van der Waals surface area contributed by atoms with Gasteiger partial charge in [-0.15, -0.1) is 10.2 Å². The van der Waals surface area contributed by atoms with Gasteiger partial charge in [0.25, 0.3) is 0 Å². The normalized spacial score (nSPS) is 10.8. The first-order valence-corrected chi connectivity index (χ1v) is 9.19. The van der Waals surface area contributed by atoms with E-state index in [1.165, 1.54) is 11.3 Å². The molecule has 0 spiro atoms. The van der Waals surface area contributed by atoms with Crippen molar-refractivity contribution in [3.63, 3.8) is 0 Å². The van der Waals surface area contributed by atoms with Crippen molar-refractivity contribution >= 4 is 45.2 Å². The summed E-state index contributed by atoms with van der Waals surface area (Å²) in [5.74, 6) is 0.683. The molecule has 1 amide bonds. The molecule has 0 aliphatic heterocycles. The zero-order valence-electron chi connectivity index (χ0n) is 13.9. The first-order chi connectivity index (χ1) is 12.1. The number of anilines is 1. The van der Waals surface area contributed by atoms with Gasteiger partial charge in [-0.2, -0.15) is 9.61 Å². The zero-order valence-corrected chi connectivity index (χ0v) is 15.6. The second-order valence-electron chi connectivity index (χ2n) is 5.54. The van der Waals surface area contributed by atoms with Crippen LogP contribution in [0.2, 0.25) is 0 Å². The minimum absolute atomic E-state index is 0.0698. The fourth-order valence-electron chi connectivity index (χ4n) is 2.25. The summed E-state index contributed by atoms with van der Waals surface area (Å²) in [5.41, 5.74) is 1.74. The standard InChI is InChI=1S/C16H18N6OS2/c1-3-4-8-13(23)18-15(24)17-12-7-5-6-11(9-12)14-21-22-10(2)19-20-16(22)25-14/h5-7,9H,3-4,8H2,1-2H3,(H2,17,18,23,24). The molecular formula is C16H18N6OS2. The fraction of sp³-hybridized carbons (Fsp3) is 0.312. The summed E-state index contributed by atoms with van der Waals surface area (Å²) in [6.07, 6.45) is 2.30. The molecule has 0 bridgehead atoms. The number of benzene rings is 1. The van der Waals surface area contributed by atoms with Gasteiger partial charge in [0.1, 0.15) is 5.01 Å². The van der Waals surface area contributed by atoms with Crippen LogP contribution in [0, 0.1) is 6.92 Å². The van der Waals surface area contributed by atoms with E-state index in [0.29, 0.717) is 11.5 Å². The summed E-state index contributed by atoms with van der Waals surface area (Å²) in [6.45, 7) is 3.91. The van der Waals surface area contributed by atoms with Crippen LogP contribution in [-0.4, -0.2) is 30.8 Å². The van der Waals surface area contributed by atoms with Crippen LogP contribution in [0.5, 0.6) is 0 Å². The molecule has 0 aliphatic carbocycles. The Morgan fingerprint density at radius 2 is 2.20 bits per heavy atom. The molecule has 3 aromatic rings. The Balaban J connectivity index is 1.70. The molecule has 2 heterocycles. The highest BCUT2D eigenvalue weighted by atomic mass is 32.1. The lowest BCUT2D eigenvalue weighted by Crippen LogP contribution is -2.33. The van der Waals surface area contributed by atoms with Crippen LogP contribution in [0.25, 0.3) is 15.5 Å². The van der Waals surface area contributed by atoms with E-state index in [1.807, 2.05) is 38.1 Å². The third-order valence-electron chi connectivity index (χ3n) is 3.52. The molecule has 130 valence electrons. The van der Waals surface area contributed by atoms with Crippen molar-refractivity contribution in [2.75, 3.05) is 5.32 Å². The second-order valence-corrected chi connectivity index (χ2v) is 6.90. The largest absolute Gasteiger partial charge is 0.332 e. The van der Waals surface area contributed by atoms with Crippen molar-refractivity contribution in [1.29, 1.82) is 0 Å². The number of aryl methyl sites for hydroxylation is 1. The van der Waals surface area contributed by atoms with Crippen molar-refractivity contribution in [1.82, 2.24) is 25.1 Å². The zero-order chi connectivity index (χ0) is 17.8. The third-order valence-corrected chi connectivity index (χ3v) is 4.68. The number of nitrogens with zero attached hydrogens (tertiary/aromatic N) is 4. The Hall–Kier alpha value is -2.39. The molecule has 3 rings (SSSR count). The number of fused-ring (bicyclic) bond motifs is 1. The van der Waals surface area contributed by atoms with Gasteiger partial charge >= 0.3 is 0 Å². The smallest absolute Gasteiger partial charge is 0.234 e.